The number of carbonyl (C=O) groups excluding carboxylic acids is 1. The van der Waals surface area contributed by atoms with Crippen LogP contribution >= 0.6 is 0 Å². The van der Waals surface area contributed by atoms with Crippen LogP contribution in [0.5, 0.6) is 0 Å². The lowest BCUT2D eigenvalue weighted by molar-refractivity contribution is -0.129. The number of nitrogens with zero attached hydrogens (tertiary/aromatic N) is 2. The number of hydrogen-bond acceptors (Lipinski definition) is 6. The molecule has 7 nitrogen and oxygen atoms in total. The van der Waals surface area contributed by atoms with E-state index in [0.717, 1.165) is 0 Å². The maximum Gasteiger partial charge on any atom is 0.420 e. The first-order valence-corrected chi connectivity index (χ1v) is 8.18. The van der Waals surface area contributed by atoms with E-state index < -0.39 is 22.9 Å². The van der Waals surface area contributed by atoms with Gasteiger partial charge in [0.25, 0.3) is 0 Å². The van der Waals surface area contributed by atoms with E-state index >= 15 is 0 Å². The zero-order valence-corrected chi connectivity index (χ0v) is 15.9. The fourth-order valence-electron chi connectivity index (χ4n) is 1.90. The van der Waals surface area contributed by atoms with Gasteiger partial charge in [-0.15, -0.1) is 0 Å². The highest BCUT2D eigenvalue weighted by molar-refractivity contribution is 5.96. The third-order valence-electron chi connectivity index (χ3n) is 4.04. The second-order valence-electron chi connectivity index (χ2n) is 8.04. The molecule has 2 rings (SSSR count). The number of carbonyl (C=O) groups is 1. The van der Waals surface area contributed by atoms with Gasteiger partial charge in [0, 0.05) is 17.8 Å². The van der Waals surface area contributed by atoms with E-state index in [1.165, 1.54) is 4.57 Å². The number of aliphatic hydroxyl groups is 1. The first-order valence-electron chi connectivity index (χ1n) is 8.18. The van der Waals surface area contributed by atoms with Crippen LogP contribution < -0.4 is 5.48 Å². The number of aromatic nitrogens is 2. The fraction of sp³-hybridized carbons (Fsp3) is 0.556. The summed E-state index contributed by atoms with van der Waals surface area (Å²) in [6.07, 6.45) is 2.66. The molecule has 0 unspecified atom stereocenters. The molecular formula is C18H27N3O4. The third kappa shape index (κ3) is 4.29. The van der Waals surface area contributed by atoms with Gasteiger partial charge in [-0.2, -0.15) is 0 Å². The summed E-state index contributed by atoms with van der Waals surface area (Å²) in [7, 11) is 0. The standard InChI is InChI=1S/C18H27N3O4/c1-16(2,3)24-15(22)21-11-13(12-9-8-10-19-14(12)21)20-25-18(6,7)17(4,5)23/h8-11,20,23H,1-7H3. The van der Waals surface area contributed by atoms with Gasteiger partial charge in [0.2, 0.25) is 0 Å². The molecule has 0 radical (unpaired) electrons. The summed E-state index contributed by atoms with van der Waals surface area (Å²) < 4.78 is 6.76. The monoisotopic (exact) mass is 349 g/mol. The Balaban J connectivity index is 2.35. The number of anilines is 1. The van der Waals surface area contributed by atoms with Crippen LogP contribution in [-0.2, 0) is 9.57 Å². The number of nitrogens with one attached hydrogen (secondary N) is 1. The highest BCUT2D eigenvalue weighted by Crippen LogP contribution is 2.29. The summed E-state index contributed by atoms with van der Waals surface area (Å²) in [6.45, 7) is 12.3. The molecule has 25 heavy (non-hydrogen) atoms. The van der Waals surface area contributed by atoms with Gasteiger partial charge in [-0.1, -0.05) is 0 Å². The summed E-state index contributed by atoms with van der Waals surface area (Å²) >= 11 is 0. The predicted octanol–water partition coefficient (Wildman–Crippen LogP) is 3.71. The average molecular weight is 349 g/mol. The summed E-state index contributed by atoms with van der Waals surface area (Å²) in [6, 6.07) is 3.60. The Bertz CT molecular complexity index is 767. The maximum absolute atomic E-state index is 12.4. The van der Waals surface area contributed by atoms with Crippen molar-refractivity contribution in [2.24, 2.45) is 0 Å². The third-order valence-corrected chi connectivity index (χ3v) is 4.04. The predicted molar refractivity (Wildman–Crippen MR) is 96.4 cm³/mol. The van der Waals surface area contributed by atoms with Gasteiger partial charge < -0.3 is 9.84 Å². The highest BCUT2D eigenvalue weighted by atomic mass is 16.7. The molecule has 0 fully saturated rings. The summed E-state index contributed by atoms with van der Waals surface area (Å²) in [4.78, 5) is 22.4. The largest absolute Gasteiger partial charge is 0.443 e. The average Bonchev–Trinajstić information content (AvgIpc) is 2.81. The van der Waals surface area contributed by atoms with E-state index in [4.69, 9.17) is 9.57 Å². The van der Waals surface area contributed by atoms with Crippen LogP contribution in [-0.4, -0.2) is 37.6 Å². The van der Waals surface area contributed by atoms with E-state index in [2.05, 4.69) is 10.5 Å². The van der Waals surface area contributed by atoms with E-state index in [1.807, 2.05) is 6.07 Å². The van der Waals surface area contributed by atoms with Crippen molar-refractivity contribution in [2.75, 3.05) is 5.48 Å². The van der Waals surface area contributed by atoms with Crippen LogP contribution in [0.4, 0.5) is 10.5 Å². The topological polar surface area (TPSA) is 85.6 Å². The second-order valence-corrected chi connectivity index (χ2v) is 8.04. The molecule has 0 bridgehead atoms. The van der Waals surface area contributed by atoms with Gasteiger partial charge in [-0.25, -0.2) is 14.3 Å². The number of rotatable bonds is 4. The minimum Gasteiger partial charge on any atom is -0.443 e. The Hall–Kier alpha value is -2.12. The van der Waals surface area contributed by atoms with Crippen LogP contribution in [0.25, 0.3) is 11.0 Å². The highest BCUT2D eigenvalue weighted by Gasteiger charge is 2.37. The van der Waals surface area contributed by atoms with Crippen molar-refractivity contribution in [2.45, 2.75) is 65.3 Å². The molecule has 0 saturated heterocycles. The molecular weight excluding hydrogens is 322 g/mol. The van der Waals surface area contributed by atoms with Gasteiger partial charge in [0.1, 0.15) is 11.2 Å². The zero-order chi connectivity index (χ0) is 19.0. The summed E-state index contributed by atoms with van der Waals surface area (Å²) in [5.41, 5.74) is 1.32. The molecule has 0 atom stereocenters. The van der Waals surface area contributed by atoms with Crippen molar-refractivity contribution < 1.29 is 19.5 Å². The van der Waals surface area contributed by atoms with Crippen molar-refractivity contribution in [3.63, 3.8) is 0 Å². The Kier molecular flexibility index (Phi) is 4.85. The first-order chi connectivity index (χ1) is 11.3. The van der Waals surface area contributed by atoms with E-state index in [-0.39, 0.29) is 0 Å². The minimum absolute atomic E-state index is 0.462. The number of fused-ring (bicyclic) bond motifs is 1. The van der Waals surface area contributed by atoms with Crippen molar-refractivity contribution in [1.29, 1.82) is 0 Å². The molecule has 0 aliphatic heterocycles. The lowest BCUT2D eigenvalue weighted by atomic mass is 9.90. The number of hydrogen-bond donors (Lipinski definition) is 2. The van der Waals surface area contributed by atoms with Crippen molar-refractivity contribution in [3.05, 3.63) is 24.5 Å². The quantitative estimate of drug-likeness (QED) is 0.819. The summed E-state index contributed by atoms with van der Waals surface area (Å²) in [5, 5.41) is 10.9. The Morgan fingerprint density at radius 2 is 1.84 bits per heavy atom. The Morgan fingerprint density at radius 3 is 2.40 bits per heavy atom. The Labute approximate surface area is 147 Å². The lowest BCUT2D eigenvalue weighted by Gasteiger charge is -2.36. The zero-order valence-electron chi connectivity index (χ0n) is 15.9. The fourth-order valence-corrected chi connectivity index (χ4v) is 1.90. The molecule has 0 spiro atoms. The van der Waals surface area contributed by atoms with Crippen LogP contribution in [0.1, 0.15) is 48.5 Å². The molecule has 2 aromatic heterocycles. The van der Waals surface area contributed by atoms with Crippen LogP contribution in [0, 0.1) is 0 Å². The van der Waals surface area contributed by atoms with Crippen LogP contribution in [0.2, 0.25) is 0 Å². The molecule has 0 aliphatic rings. The van der Waals surface area contributed by atoms with Crippen molar-refractivity contribution >= 4 is 22.8 Å². The molecule has 2 heterocycles. The molecule has 2 aromatic rings. The van der Waals surface area contributed by atoms with Gasteiger partial charge in [0.05, 0.1) is 11.3 Å². The molecule has 0 aromatic carbocycles. The number of pyridine rings is 1. The van der Waals surface area contributed by atoms with Crippen LogP contribution in [0.15, 0.2) is 24.5 Å². The molecule has 0 saturated carbocycles. The van der Waals surface area contributed by atoms with E-state index in [9.17, 15) is 9.90 Å². The molecule has 7 heteroatoms. The maximum atomic E-state index is 12.4. The smallest absolute Gasteiger partial charge is 0.420 e. The van der Waals surface area contributed by atoms with Gasteiger partial charge in [-0.05, 0) is 60.6 Å². The van der Waals surface area contributed by atoms with Crippen LogP contribution in [0.3, 0.4) is 0 Å². The molecule has 138 valence electrons. The first kappa shape index (κ1) is 19.2. The Morgan fingerprint density at radius 1 is 1.20 bits per heavy atom. The molecule has 2 N–H and O–H groups in total. The summed E-state index contributed by atoms with van der Waals surface area (Å²) in [5.74, 6) is 0. The van der Waals surface area contributed by atoms with Crippen molar-refractivity contribution in [3.8, 4) is 0 Å². The van der Waals surface area contributed by atoms with Gasteiger partial charge >= 0.3 is 6.09 Å². The molecule has 0 amide bonds. The van der Waals surface area contributed by atoms with Gasteiger partial charge in [0.15, 0.2) is 5.65 Å². The number of ether oxygens (including phenoxy) is 1. The SMILES string of the molecule is CC(C)(C)OC(=O)n1cc(NOC(C)(C)C(C)(C)O)c2cccnc21. The van der Waals surface area contributed by atoms with E-state index in [0.29, 0.717) is 16.7 Å². The second kappa shape index (κ2) is 6.31. The molecule has 0 aliphatic carbocycles. The van der Waals surface area contributed by atoms with Crippen molar-refractivity contribution in [1.82, 2.24) is 9.55 Å². The van der Waals surface area contributed by atoms with E-state index in [1.54, 1.807) is 66.9 Å². The minimum atomic E-state index is -1.07. The lowest BCUT2D eigenvalue weighted by Crippen LogP contribution is -2.48. The van der Waals surface area contributed by atoms with Gasteiger partial charge in [-0.3, -0.25) is 10.3 Å². The normalized spacial score (nSPS) is 13.1.